The molecule has 0 aromatic rings. The summed E-state index contributed by atoms with van der Waals surface area (Å²) in [6.45, 7) is 5.09. The number of nitrogens with zero attached hydrogens (tertiary/aromatic N) is 1. The number of likely N-dealkylation sites (N-methyl/N-ethyl adjacent to an activating group) is 1. The van der Waals surface area contributed by atoms with Gasteiger partial charge >= 0.3 is 0 Å². The number of methoxy groups -OCH3 is 1. The van der Waals surface area contributed by atoms with Gasteiger partial charge in [-0.05, 0) is 13.0 Å². The molecule has 0 aromatic heterocycles. The molecule has 0 aromatic carbocycles. The fraction of sp³-hybridized carbons (Fsp3) is 1.00. The summed E-state index contributed by atoms with van der Waals surface area (Å²) < 4.78 is 5.88. The van der Waals surface area contributed by atoms with Crippen LogP contribution in [0.15, 0.2) is 0 Å². The Morgan fingerprint density at radius 1 is 0.667 bits per heavy atom. The van der Waals surface area contributed by atoms with Crippen LogP contribution in [0.4, 0.5) is 0 Å². The molecule has 0 amide bonds. The summed E-state index contributed by atoms with van der Waals surface area (Å²) in [6, 6.07) is 0. The van der Waals surface area contributed by atoms with Gasteiger partial charge in [-0.25, -0.2) is 0 Å². The van der Waals surface area contributed by atoms with Gasteiger partial charge in [0, 0.05) is 7.11 Å². The lowest BCUT2D eigenvalue weighted by atomic mass is 10.0. The fourth-order valence-electron chi connectivity index (χ4n) is 2.70. The first-order valence-electron chi connectivity index (χ1n) is 11.0. The monoisotopic (exact) mass is 430 g/mol. The van der Waals surface area contributed by atoms with E-state index in [0.717, 1.165) is 24.2 Å². The Bertz CT molecular complexity index is 223. The van der Waals surface area contributed by atoms with Crippen molar-refractivity contribution in [2.45, 2.75) is 96.8 Å². The maximum absolute atomic E-state index is 5.47. The Hall–Kier alpha value is 0.460. The first-order valence-corrected chi connectivity index (χ1v) is 11.0. The number of hydrogen-bond donors (Lipinski definition) is 1. The van der Waals surface area contributed by atoms with Crippen LogP contribution in [0.2, 0.25) is 0 Å². The van der Waals surface area contributed by atoms with Crippen LogP contribution in [0.5, 0.6) is 0 Å². The average molecular weight is 432 g/mol. The fourth-order valence-corrected chi connectivity index (χ4v) is 2.70. The van der Waals surface area contributed by atoms with E-state index in [0.29, 0.717) is 0 Å². The normalized spacial score (nSPS) is 10.4. The van der Waals surface area contributed by atoms with E-state index >= 15 is 0 Å². The largest absolute Gasteiger partial charge is 1.00 e. The van der Waals surface area contributed by atoms with Gasteiger partial charge in [-0.1, -0.05) is 90.4 Å². The predicted octanol–water partition coefficient (Wildman–Crippen LogP) is 3.19. The smallest absolute Gasteiger partial charge is 0.102 e. The molecule has 0 bridgehead atoms. The number of ether oxygens (including phenoxy) is 1. The molecule has 170 valence electrons. The Labute approximate surface area is 184 Å². The van der Waals surface area contributed by atoms with Crippen molar-refractivity contribution in [1.82, 2.24) is 0 Å². The van der Waals surface area contributed by atoms with E-state index < -0.39 is 0 Å². The molecule has 3 nitrogen and oxygen atoms in total. The third-order valence-corrected chi connectivity index (χ3v) is 4.52. The zero-order chi connectivity index (χ0) is 19.2. The van der Waals surface area contributed by atoms with E-state index in [9.17, 15) is 0 Å². The lowest BCUT2D eigenvalue weighted by molar-refractivity contribution is -0.870. The Morgan fingerprint density at radius 3 is 1.22 bits per heavy atom. The number of nitrogens with two attached hydrogens (primary N) is 1. The number of halogens is 2. The summed E-state index contributed by atoms with van der Waals surface area (Å²) in [5.74, 6) is 0. The van der Waals surface area contributed by atoms with Crippen LogP contribution in [-0.2, 0) is 4.74 Å². The minimum Gasteiger partial charge on any atom is -1.00 e. The Kier molecular flexibility index (Phi) is 37.1. The highest BCUT2D eigenvalue weighted by atomic mass is 35.5. The second kappa shape index (κ2) is 28.7. The van der Waals surface area contributed by atoms with E-state index in [-0.39, 0.29) is 24.8 Å². The molecule has 0 aliphatic rings. The first kappa shape index (κ1) is 34.9. The highest BCUT2D eigenvalue weighted by Gasteiger charge is 2.03. The second-order valence-electron chi connectivity index (χ2n) is 8.39. The van der Waals surface area contributed by atoms with Gasteiger partial charge in [0.15, 0.2) is 0 Å². The van der Waals surface area contributed by atoms with Gasteiger partial charge in [0.2, 0.25) is 0 Å². The predicted molar refractivity (Wildman–Crippen MR) is 121 cm³/mol. The van der Waals surface area contributed by atoms with Crippen LogP contribution >= 0.6 is 12.4 Å². The molecule has 5 heteroatoms. The molecule has 0 atom stereocenters. The Morgan fingerprint density at radius 2 is 1.00 bits per heavy atom. The molecule has 0 radical (unpaired) electrons. The molecule has 0 saturated carbocycles. The number of rotatable bonds is 17. The lowest BCUT2D eigenvalue weighted by Crippen LogP contribution is -3.00. The zero-order valence-electron chi connectivity index (χ0n) is 19.2. The molecule has 2 N–H and O–H groups in total. The van der Waals surface area contributed by atoms with Crippen LogP contribution < -0.4 is 18.1 Å². The minimum absolute atomic E-state index is 0. The quantitative estimate of drug-likeness (QED) is 0.284. The minimum atomic E-state index is 0. The van der Waals surface area contributed by atoms with E-state index in [1.165, 1.54) is 89.9 Å². The molecule has 27 heavy (non-hydrogen) atoms. The van der Waals surface area contributed by atoms with Gasteiger partial charge in [-0.3, -0.25) is 0 Å². The molecule has 0 rings (SSSR count). The van der Waals surface area contributed by atoms with E-state index in [4.69, 9.17) is 10.5 Å². The molecule has 0 heterocycles. The van der Waals surface area contributed by atoms with Crippen molar-refractivity contribution in [3.05, 3.63) is 0 Å². The SMILES string of the molecule is CCCCCCCCCCCCCCCCN.COCC[N+](C)(C)C.Cl.[Cl-]. The lowest BCUT2D eigenvalue weighted by Gasteiger charge is -2.22. The third kappa shape index (κ3) is 41.8. The van der Waals surface area contributed by atoms with E-state index in [2.05, 4.69) is 28.1 Å². The summed E-state index contributed by atoms with van der Waals surface area (Å²) in [4.78, 5) is 0. The molecule has 0 saturated heterocycles. The topological polar surface area (TPSA) is 35.2 Å². The zero-order valence-corrected chi connectivity index (χ0v) is 20.8. The molecule has 0 fully saturated rings. The van der Waals surface area contributed by atoms with Crippen molar-refractivity contribution in [1.29, 1.82) is 0 Å². The van der Waals surface area contributed by atoms with Gasteiger partial charge in [0.05, 0.1) is 27.7 Å². The summed E-state index contributed by atoms with van der Waals surface area (Å²) in [5.41, 5.74) is 5.47. The van der Waals surface area contributed by atoms with Crippen LogP contribution in [0.25, 0.3) is 0 Å². The standard InChI is InChI=1S/C16H35N.C6H16NO.2ClH/c1-2-3-4-5-6-7-8-9-10-11-12-13-14-15-16-17;1-7(2,3)5-6-8-4;;/h2-17H2,1H3;5-6H2,1-4H3;2*1H/q;+1;;/p-1. The number of quaternary nitrogens is 1. The van der Waals surface area contributed by atoms with Gasteiger partial charge in [-0.15, -0.1) is 12.4 Å². The molecule has 0 aliphatic carbocycles. The van der Waals surface area contributed by atoms with Crippen molar-refractivity contribution in [2.75, 3.05) is 47.9 Å². The van der Waals surface area contributed by atoms with Crippen molar-refractivity contribution in [3.8, 4) is 0 Å². The third-order valence-electron chi connectivity index (χ3n) is 4.52. The van der Waals surface area contributed by atoms with Crippen molar-refractivity contribution in [3.63, 3.8) is 0 Å². The van der Waals surface area contributed by atoms with E-state index in [1.54, 1.807) is 7.11 Å². The van der Waals surface area contributed by atoms with Gasteiger partial charge in [0.1, 0.15) is 6.54 Å². The Balaban J connectivity index is -0.000000226. The summed E-state index contributed by atoms with van der Waals surface area (Å²) in [7, 11) is 8.19. The summed E-state index contributed by atoms with van der Waals surface area (Å²) >= 11 is 0. The van der Waals surface area contributed by atoms with Crippen LogP contribution in [-0.4, -0.2) is 52.4 Å². The number of unbranched alkanes of at least 4 members (excludes halogenated alkanes) is 13. The molecule has 0 aliphatic heterocycles. The summed E-state index contributed by atoms with van der Waals surface area (Å²) in [5, 5.41) is 0. The maximum atomic E-state index is 5.47. The summed E-state index contributed by atoms with van der Waals surface area (Å²) in [6.07, 6.45) is 19.9. The second-order valence-corrected chi connectivity index (χ2v) is 8.39. The van der Waals surface area contributed by atoms with Crippen molar-refractivity contribution >= 4 is 12.4 Å². The van der Waals surface area contributed by atoms with Gasteiger partial charge in [-0.2, -0.15) is 0 Å². The molecular weight excluding hydrogens is 379 g/mol. The first-order chi connectivity index (χ1) is 12.0. The highest BCUT2D eigenvalue weighted by molar-refractivity contribution is 5.85. The molecular formula is C22H52Cl2N2O. The van der Waals surface area contributed by atoms with Crippen molar-refractivity contribution in [2.24, 2.45) is 5.73 Å². The van der Waals surface area contributed by atoms with Gasteiger partial charge in [0.25, 0.3) is 0 Å². The average Bonchev–Trinajstić information content (AvgIpc) is 2.57. The molecule has 0 unspecified atom stereocenters. The van der Waals surface area contributed by atoms with Crippen LogP contribution in [0, 0.1) is 0 Å². The van der Waals surface area contributed by atoms with Crippen molar-refractivity contribution < 1.29 is 21.6 Å². The van der Waals surface area contributed by atoms with E-state index in [1.807, 2.05) is 0 Å². The number of hydrogen-bond acceptors (Lipinski definition) is 2. The maximum Gasteiger partial charge on any atom is 0.102 e. The molecule has 0 spiro atoms. The van der Waals surface area contributed by atoms with Gasteiger partial charge < -0.3 is 27.4 Å². The highest BCUT2D eigenvalue weighted by Crippen LogP contribution is 2.12. The van der Waals surface area contributed by atoms with Crippen LogP contribution in [0.3, 0.4) is 0 Å². The van der Waals surface area contributed by atoms with Crippen LogP contribution in [0.1, 0.15) is 96.8 Å².